The van der Waals surface area contributed by atoms with E-state index in [9.17, 15) is 9.90 Å². The number of carbonyl (C=O) groups excluding carboxylic acids is 1. The zero-order chi connectivity index (χ0) is 13.8. The van der Waals surface area contributed by atoms with E-state index in [4.69, 9.17) is 4.74 Å². The summed E-state index contributed by atoms with van der Waals surface area (Å²) in [5.41, 5.74) is 0.871. The van der Waals surface area contributed by atoms with Crippen LogP contribution < -0.4 is 0 Å². The van der Waals surface area contributed by atoms with Crippen molar-refractivity contribution in [3.8, 4) is 0 Å². The fraction of sp³-hybridized carbons (Fsp3) is 0.533. The minimum absolute atomic E-state index is 0.0220. The average molecular weight is 250 g/mol. The molecule has 1 N–H and O–H groups in total. The first kappa shape index (κ1) is 14.7. The summed E-state index contributed by atoms with van der Waals surface area (Å²) in [6.07, 6.45) is 1.02. The molecule has 3 nitrogen and oxygen atoms in total. The number of hydrogen-bond donors (Lipinski definition) is 1. The van der Waals surface area contributed by atoms with E-state index in [0.717, 1.165) is 12.0 Å². The Morgan fingerprint density at radius 3 is 2.33 bits per heavy atom. The normalized spacial score (nSPS) is 14.3. The van der Waals surface area contributed by atoms with Crippen LogP contribution in [0.4, 0.5) is 0 Å². The van der Waals surface area contributed by atoms with E-state index in [-0.39, 0.29) is 12.6 Å². The molecule has 0 spiro atoms. The number of rotatable bonds is 5. The third-order valence-electron chi connectivity index (χ3n) is 2.78. The van der Waals surface area contributed by atoms with Gasteiger partial charge in [0.15, 0.2) is 0 Å². The quantitative estimate of drug-likeness (QED) is 0.817. The van der Waals surface area contributed by atoms with Crippen LogP contribution >= 0.6 is 0 Å². The molecule has 100 valence electrons. The van der Waals surface area contributed by atoms with E-state index < -0.39 is 5.60 Å². The molecule has 0 bridgehead atoms. The van der Waals surface area contributed by atoms with Crippen molar-refractivity contribution in [2.75, 3.05) is 6.61 Å². The summed E-state index contributed by atoms with van der Waals surface area (Å²) in [6.45, 7) is 7.30. The Morgan fingerprint density at radius 2 is 1.89 bits per heavy atom. The van der Waals surface area contributed by atoms with Crippen LogP contribution in [0.15, 0.2) is 24.3 Å². The van der Waals surface area contributed by atoms with Crippen molar-refractivity contribution in [1.29, 1.82) is 0 Å². The van der Waals surface area contributed by atoms with E-state index in [1.54, 1.807) is 6.92 Å². The number of ether oxygens (including phenoxy) is 1. The minimum atomic E-state index is -1.14. The molecule has 0 saturated heterocycles. The maximum absolute atomic E-state index is 10.8. The van der Waals surface area contributed by atoms with Crippen molar-refractivity contribution in [2.45, 2.75) is 39.7 Å². The predicted molar refractivity (Wildman–Crippen MR) is 71.2 cm³/mol. The van der Waals surface area contributed by atoms with E-state index in [1.165, 1.54) is 12.5 Å². The molecule has 0 aromatic heterocycles. The van der Waals surface area contributed by atoms with E-state index in [2.05, 4.69) is 13.8 Å². The van der Waals surface area contributed by atoms with Crippen LogP contribution in [0.3, 0.4) is 0 Å². The standard InChI is InChI=1S/C15H22O3/c1-11(2)9-13-5-7-14(8-6-13)15(4,17)10-18-12(3)16/h5-8,11,17H,9-10H2,1-4H3/t15-/m0/s1. The van der Waals surface area contributed by atoms with Gasteiger partial charge in [-0.25, -0.2) is 0 Å². The molecular weight excluding hydrogens is 228 g/mol. The molecule has 0 radical (unpaired) electrons. The summed E-state index contributed by atoms with van der Waals surface area (Å²) in [5, 5.41) is 10.2. The van der Waals surface area contributed by atoms with Gasteiger partial charge in [-0.15, -0.1) is 0 Å². The number of esters is 1. The SMILES string of the molecule is CC(=O)OC[C@](C)(O)c1ccc(CC(C)C)cc1. The van der Waals surface area contributed by atoms with E-state index in [0.29, 0.717) is 5.92 Å². The first-order valence-electron chi connectivity index (χ1n) is 6.26. The number of hydrogen-bond acceptors (Lipinski definition) is 3. The van der Waals surface area contributed by atoms with Gasteiger partial charge in [-0.1, -0.05) is 38.1 Å². The minimum Gasteiger partial charge on any atom is -0.462 e. The monoisotopic (exact) mass is 250 g/mol. The Balaban J connectivity index is 2.73. The smallest absolute Gasteiger partial charge is 0.302 e. The third kappa shape index (κ3) is 4.49. The van der Waals surface area contributed by atoms with Crippen molar-refractivity contribution < 1.29 is 14.6 Å². The molecule has 1 aromatic carbocycles. The van der Waals surface area contributed by atoms with Gasteiger partial charge < -0.3 is 9.84 Å². The summed E-state index contributed by atoms with van der Waals surface area (Å²) in [5.74, 6) is 0.226. The number of aliphatic hydroxyl groups is 1. The fourth-order valence-corrected chi connectivity index (χ4v) is 1.80. The lowest BCUT2D eigenvalue weighted by Crippen LogP contribution is -2.28. The fourth-order valence-electron chi connectivity index (χ4n) is 1.80. The zero-order valence-electron chi connectivity index (χ0n) is 11.6. The van der Waals surface area contributed by atoms with Crippen LogP contribution in [0, 0.1) is 5.92 Å². The van der Waals surface area contributed by atoms with Gasteiger partial charge in [0.05, 0.1) is 0 Å². The molecule has 0 aliphatic heterocycles. The molecule has 1 aromatic rings. The lowest BCUT2D eigenvalue weighted by molar-refractivity contribution is -0.148. The second-order valence-electron chi connectivity index (χ2n) is 5.35. The lowest BCUT2D eigenvalue weighted by atomic mass is 9.94. The summed E-state index contributed by atoms with van der Waals surface area (Å²) in [4.78, 5) is 10.8. The molecule has 0 amide bonds. The van der Waals surface area contributed by atoms with Gasteiger partial charge in [0.25, 0.3) is 0 Å². The van der Waals surface area contributed by atoms with Gasteiger partial charge in [-0.05, 0) is 30.4 Å². The summed E-state index contributed by atoms with van der Waals surface area (Å²) in [6, 6.07) is 7.80. The average Bonchev–Trinajstić information content (AvgIpc) is 2.26. The molecule has 0 aliphatic rings. The molecule has 0 aliphatic carbocycles. The number of carbonyl (C=O) groups is 1. The maximum Gasteiger partial charge on any atom is 0.302 e. The van der Waals surface area contributed by atoms with Gasteiger partial charge in [0, 0.05) is 6.92 Å². The van der Waals surface area contributed by atoms with Crippen molar-refractivity contribution in [3.05, 3.63) is 35.4 Å². The van der Waals surface area contributed by atoms with Crippen LogP contribution in [-0.4, -0.2) is 17.7 Å². The highest BCUT2D eigenvalue weighted by Gasteiger charge is 2.24. The van der Waals surface area contributed by atoms with Crippen LogP contribution in [0.25, 0.3) is 0 Å². The Labute approximate surface area is 109 Å². The molecule has 0 unspecified atom stereocenters. The second-order valence-corrected chi connectivity index (χ2v) is 5.35. The van der Waals surface area contributed by atoms with E-state index >= 15 is 0 Å². The van der Waals surface area contributed by atoms with E-state index in [1.807, 2.05) is 24.3 Å². The summed E-state index contributed by atoms with van der Waals surface area (Å²) < 4.78 is 4.87. The van der Waals surface area contributed by atoms with Gasteiger partial charge in [0.1, 0.15) is 12.2 Å². The highest BCUT2D eigenvalue weighted by atomic mass is 16.5. The van der Waals surface area contributed by atoms with Gasteiger partial charge in [0.2, 0.25) is 0 Å². The first-order chi connectivity index (χ1) is 8.31. The van der Waals surface area contributed by atoms with Crippen LogP contribution in [0.2, 0.25) is 0 Å². The van der Waals surface area contributed by atoms with Crippen molar-refractivity contribution >= 4 is 5.97 Å². The summed E-state index contributed by atoms with van der Waals surface area (Å²) >= 11 is 0. The highest BCUT2D eigenvalue weighted by molar-refractivity contribution is 5.66. The highest BCUT2D eigenvalue weighted by Crippen LogP contribution is 2.22. The molecule has 1 atom stereocenters. The van der Waals surface area contributed by atoms with Gasteiger partial charge in [-0.2, -0.15) is 0 Å². The molecule has 1 rings (SSSR count). The molecule has 0 saturated carbocycles. The topological polar surface area (TPSA) is 46.5 Å². The maximum atomic E-state index is 10.8. The summed E-state index contributed by atoms with van der Waals surface area (Å²) in [7, 11) is 0. The molecule has 18 heavy (non-hydrogen) atoms. The Kier molecular flexibility index (Phi) is 4.91. The van der Waals surface area contributed by atoms with Gasteiger partial charge in [-0.3, -0.25) is 4.79 Å². The molecule has 0 heterocycles. The zero-order valence-corrected chi connectivity index (χ0v) is 11.6. The largest absolute Gasteiger partial charge is 0.462 e. The predicted octanol–water partition coefficient (Wildman–Crippen LogP) is 2.66. The first-order valence-corrected chi connectivity index (χ1v) is 6.26. The molecule has 3 heteroatoms. The Hall–Kier alpha value is -1.35. The van der Waals surface area contributed by atoms with Crippen LogP contribution in [0.5, 0.6) is 0 Å². The lowest BCUT2D eigenvalue weighted by Gasteiger charge is -2.23. The van der Waals surface area contributed by atoms with Crippen molar-refractivity contribution in [1.82, 2.24) is 0 Å². The third-order valence-corrected chi connectivity index (χ3v) is 2.78. The van der Waals surface area contributed by atoms with Crippen LogP contribution in [0.1, 0.15) is 38.8 Å². The Bertz CT molecular complexity index is 391. The second kappa shape index (κ2) is 6.01. The number of benzene rings is 1. The van der Waals surface area contributed by atoms with Gasteiger partial charge >= 0.3 is 5.97 Å². The Morgan fingerprint density at radius 1 is 1.33 bits per heavy atom. The van der Waals surface area contributed by atoms with Crippen molar-refractivity contribution in [2.24, 2.45) is 5.92 Å². The molecular formula is C15H22O3. The van der Waals surface area contributed by atoms with Crippen molar-refractivity contribution in [3.63, 3.8) is 0 Å². The van der Waals surface area contributed by atoms with Crippen LogP contribution in [-0.2, 0) is 21.6 Å². The molecule has 0 fully saturated rings.